The number of rotatable bonds is 8. The predicted molar refractivity (Wildman–Crippen MR) is 115 cm³/mol. The van der Waals surface area contributed by atoms with Gasteiger partial charge < -0.3 is 9.79 Å². The van der Waals surface area contributed by atoms with Gasteiger partial charge in [-0.3, -0.25) is 4.57 Å². The van der Waals surface area contributed by atoms with Gasteiger partial charge in [0, 0.05) is 15.8 Å². The molecule has 0 aliphatic rings. The molecule has 2 aromatic rings. The SMILES string of the molecule is O=P(O)(O)C(F)(F)c1ccc(CSCCCc2ccccc2)cc1Br.[NaH].[NaH]. The van der Waals surface area contributed by atoms with Crippen LogP contribution in [0, 0.1) is 0 Å². The van der Waals surface area contributed by atoms with E-state index in [2.05, 4.69) is 28.1 Å². The summed E-state index contributed by atoms with van der Waals surface area (Å²) < 4.78 is 38.5. The molecule has 2 aromatic carbocycles. The molecule has 0 aliphatic carbocycles. The molecule has 0 amide bonds. The van der Waals surface area contributed by atoms with E-state index in [1.807, 2.05) is 18.2 Å². The van der Waals surface area contributed by atoms with Crippen molar-refractivity contribution in [2.45, 2.75) is 24.3 Å². The van der Waals surface area contributed by atoms with Gasteiger partial charge in [0.25, 0.3) is 0 Å². The van der Waals surface area contributed by atoms with Crippen LogP contribution in [0.2, 0.25) is 0 Å². The third-order valence-electron chi connectivity index (χ3n) is 3.59. The van der Waals surface area contributed by atoms with Crippen molar-refractivity contribution in [3.8, 4) is 0 Å². The van der Waals surface area contributed by atoms with Gasteiger partial charge in [0.05, 0.1) is 0 Å². The fourth-order valence-corrected chi connectivity index (χ4v) is 4.51. The van der Waals surface area contributed by atoms with Gasteiger partial charge in [-0.05, 0) is 35.8 Å². The summed E-state index contributed by atoms with van der Waals surface area (Å²) in [5.41, 5.74) is -2.79. The Kier molecular flexibility index (Phi) is 13.5. The molecule has 3 nitrogen and oxygen atoms in total. The normalized spacial score (nSPS) is 11.4. The number of alkyl halides is 2. The molecule has 0 unspecified atom stereocenters. The molecule has 0 bridgehead atoms. The van der Waals surface area contributed by atoms with Crippen molar-refractivity contribution in [3.05, 3.63) is 69.7 Å². The van der Waals surface area contributed by atoms with E-state index in [9.17, 15) is 13.3 Å². The van der Waals surface area contributed by atoms with Crippen LogP contribution in [0.1, 0.15) is 23.1 Å². The van der Waals surface area contributed by atoms with E-state index in [0.717, 1.165) is 30.2 Å². The second kappa shape index (κ2) is 12.9. The van der Waals surface area contributed by atoms with Crippen LogP contribution in [-0.2, 0) is 22.4 Å². The standard InChI is InChI=1S/C17H18BrF2O3PS.2Na.2H/c18-16-11-14(8-9-15(16)17(19,20)24(21,22)23)12-25-10-4-7-13-5-2-1-3-6-13;;;;/h1-3,5-6,8-9,11H,4,7,10,12H2,(H2,21,22,23);;;;. The number of hydrogen-bond acceptors (Lipinski definition) is 2. The van der Waals surface area contributed by atoms with Crippen molar-refractivity contribution in [2.24, 2.45) is 0 Å². The first-order valence-corrected chi connectivity index (χ1v) is 11.1. The van der Waals surface area contributed by atoms with Crippen molar-refractivity contribution in [2.75, 3.05) is 5.75 Å². The second-order valence-electron chi connectivity index (χ2n) is 5.54. The van der Waals surface area contributed by atoms with Crippen LogP contribution in [0.3, 0.4) is 0 Å². The Bertz CT molecular complexity index is 763. The molecule has 0 saturated carbocycles. The monoisotopic (exact) mass is 498 g/mol. The van der Waals surface area contributed by atoms with Crippen molar-refractivity contribution >= 4 is 94.4 Å². The Morgan fingerprint density at radius 3 is 2.22 bits per heavy atom. The Morgan fingerprint density at radius 1 is 1.04 bits per heavy atom. The van der Waals surface area contributed by atoms with E-state index in [1.165, 1.54) is 17.7 Å². The van der Waals surface area contributed by atoms with Crippen molar-refractivity contribution < 1.29 is 23.1 Å². The van der Waals surface area contributed by atoms with Gasteiger partial charge in [0.1, 0.15) is 0 Å². The van der Waals surface area contributed by atoms with Crippen molar-refractivity contribution in [1.29, 1.82) is 0 Å². The van der Waals surface area contributed by atoms with E-state index < -0.39 is 18.8 Å². The van der Waals surface area contributed by atoms with Crippen LogP contribution in [0.15, 0.2) is 53.0 Å². The van der Waals surface area contributed by atoms with Gasteiger partial charge in [-0.1, -0.05) is 58.4 Å². The Morgan fingerprint density at radius 2 is 1.67 bits per heavy atom. The van der Waals surface area contributed by atoms with Crippen molar-refractivity contribution in [3.63, 3.8) is 0 Å². The zero-order valence-electron chi connectivity index (χ0n) is 13.2. The Labute approximate surface area is 215 Å². The molecule has 0 heterocycles. The summed E-state index contributed by atoms with van der Waals surface area (Å²) in [7, 11) is -5.56. The Hall–Kier alpha value is 1.28. The predicted octanol–water partition coefficient (Wildman–Crippen LogP) is 4.25. The molecule has 10 heteroatoms. The number of aryl methyl sites for hydroxylation is 1. The first-order valence-electron chi connectivity index (χ1n) is 7.56. The van der Waals surface area contributed by atoms with E-state index in [-0.39, 0.29) is 63.6 Å². The molecule has 27 heavy (non-hydrogen) atoms. The number of benzene rings is 2. The van der Waals surface area contributed by atoms with Gasteiger partial charge in [-0.15, -0.1) is 0 Å². The Balaban J connectivity index is 0.00000338. The molecule has 0 spiro atoms. The fourth-order valence-electron chi connectivity index (χ4n) is 2.26. The van der Waals surface area contributed by atoms with Gasteiger partial charge in [-0.25, -0.2) is 0 Å². The molecule has 0 fully saturated rings. The maximum absolute atomic E-state index is 13.8. The van der Waals surface area contributed by atoms with Crippen LogP contribution in [0.25, 0.3) is 0 Å². The average molecular weight is 499 g/mol. The number of thioether (sulfide) groups is 1. The van der Waals surface area contributed by atoms with Gasteiger partial charge in [0.15, 0.2) is 0 Å². The van der Waals surface area contributed by atoms with Gasteiger partial charge in [-0.2, -0.15) is 20.5 Å². The molecular weight excluding hydrogens is 479 g/mol. The quantitative estimate of drug-likeness (QED) is 0.324. The van der Waals surface area contributed by atoms with Crippen LogP contribution in [-0.4, -0.2) is 74.7 Å². The second-order valence-corrected chi connectivity index (χ2v) is 9.15. The van der Waals surface area contributed by atoms with Crippen LogP contribution >= 0.6 is 35.3 Å². The molecule has 0 aliphatic heterocycles. The molecular formula is C17H20BrF2Na2O3PS. The molecule has 0 saturated heterocycles. The summed E-state index contributed by atoms with van der Waals surface area (Å²) in [5, 5.41) is 0. The van der Waals surface area contributed by atoms with Gasteiger partial charge >= 0.3 is 72.4 Å². The summed E-state index contributed by atoms with van der Waals surface area (Å²) in [6, 6.07) is 14.2. The summed E-state index contributed by atoms with van der Waals surface area (Å²) in [5.74, 6) is 1.59. The van der Waals surface area contributed by atoms with Crippen LogP contribution in [0.4, 0.5) is 8.78 Å². The summed E-state index contributed by atoms with van der Waals surface area (Å²) in [6.45, 7) is 0. The molecule has 2 rings (SSSR count). The van der Waals surface area contributed by atoms with E-state index >= 15 is 0 Å². The number of halogens is 3. The van der Waals surface area contributed by atoms with Crippen LogP contribution < -0.4 is 0 Å². The van der Waals surface area contributed by atoms with E-state index in [1.54, 1.807) is 11.8 Å². The molecule has 140 valence electrons. The summed E-state index contributed by atoms with van der Waals surface area (Å²) in [6.07, 6.45) is 2.01. The van der Waals surface area contributed by atoms with E-state index in [4.69, 9.17) is 9.79 Å². The molecule has 0 radical (unpaired) electrons. The maximum atomic E-state index is 13.8. The molecule has 0 atom stereocenters. The minimum atomic E-state index is -5.56. The van der Waals surface area contributed by atoms with Crippen molar-refractivity contribution in [1.82, 2.24) is 0 Å². The zero-order chi connectivity index (χ0) is 18.5. The molecule has 0 aromatic heterocycles. The third kappa shape index (κ3) is 8.50. The first-order chi connectivity index (χ1) is 11.7. The zero-order valence-corrected chi connectivity index (χ0v) is 16.5. The summed E-state index contributed by atoms with van der Waals surface area (Å²) in [4.78, 5) is 17.6. The minimum absolute atomic E-state index is 0. The molecule has 2 N–H and O–H groups in total. The third-order valence-corrected chi connectivity index (χ3v) is 6.33. The number of hydrogen-bond donors (Lipinski definition) is 2. The van der Waals surface area contributed by atoms with Gasteiger partial charge in [0.2, 0.25) is 0 Å². The first kappa shape index (κ1) is 28.3. The average Bonchev–Trinajstić information content (AvgIpc) is 2.54. The van der Waals surface area contributed by atoms with E-state index in [0.29, 0.717) is 5.75 Å². The van der Waals surface area contributed by atoms with Crippen LogP contribution in [0.5, 0.6) is 0 Å². The summed E-state index contributed by atoms with van der Waals surface area (Å²) >= 11 is 4.69. The topological polar surface area (TPSA) is 57.5 Å². The fraction of sp³-hybridized carbons (Fsp3) is 0.294.